The average Bonchev–Trinajstić information content (AvgIpc) is 2.59. The van der Waals surface area contributed by atoms with E-state index in [9.17, 15) is 4.79 Å². The number of hydrogen-bond acceptors (Lipinski definition) is 1. The summed E-state index contributed by atoms with van der Waals surface area (Å²) in [6.45, 7) is 8.25. The van der Waals surface area contributed by atoms with Gasteiger partial charge in [0, 0.05) is 17.5 Å². The second-order valence-electron chi connectivity index (χ2n) is 4.76. The fraction of sp³-hybridized carbons (Fsp3) is 0.267. The topological polar surface area (TPSA) is 20.3 Å². The lowest BCUT2D eigenvalue weighted by molar-refractivity contribution is -0.113. The maximum atomic E-state index is 11.6. The molecule has 1 aliphatic rings. The van der Waals surface area contributed by atoms with Gasteiger partial charge in [0.25, 0.3) is 5.91 Å². The predicted octanol–water partition coefficient (Wildman–Crippen LogP) is 3.30. The molecule has 0 aliphatic carbocycles. The van der Waals surface area contributed by atoms with Gasteiger partial charge in [-0.2, -0.15) is 0 Å². The van der Waals surface area contributed by atoms with Crippen LogP contribution in [0.1, 0.15) is 19.4 Å². The Morgan fingerprint density at radius 1 is 1.18 bits per heavy atom. The quantitative estimate of drug-likeness (QED) is 0.775. The molecule has 0 N–H and O–H groups in total. The first-order valence-electron chi connectivity index (χ1n) is 5.88. The molecule has 2 heteroatoms. The van der Waals surface area contributed by atoms with Crippen molar-refractivity contribution in [1.29, 1.82) is 0 Å². The second-order valence-corrected chi connectivity index (χ2v) is 4.76. The molecule has 1 aromatic rings. The van der Waals surface area contributed by atoms with E-state index >= 15 is 0 Å². The third kappa shape index (κ3) is 2.47. The molecular weight excluding hydrogens is 210 g/mol. The minimum Gasteiger partial charge on any atom is -0.278 e. The van der Waals surface area contributed by atoms with Crippen LogP contribution in [0.2, 0.25) is 0 Å². The van der Waals surface area contributed by atoms with Gasteiger partial charge in [0.1, 0.15) is 0 Å². The number of nitrogens with zero attached hydrogens (tertiary/aromatic N) is 1. The van der Waals surface area contributed by atoms with E-state index in [1.807, 2.05) is 12.1 Å². The highest BCUT2D eigenvalue weighted by Gasteiger charge is 2.20. The van der Waals surface area contributed by atoms with E-state index in [1.165, 1.54) is 5.56 Å². The molecule has 0 saturated heterocycles. The number of carbonyl (C=O) groups is 1. The molecule has 0 bridgehead atoms. The summed E-state index contributed by atoms with van der Waals surface area (Å²) in [6, 6.07) is 8.12. The number of anilines is 1. The van der Waals surface area contributed by atoms with Gasteiger partial charge in [-0.3, -0.25) is 9.69 Å². The molecule has 0 unspecified atom stereocenters. The first-order chi connectivity index (χ1) is 8.08. The molecule has 0 spiro atoms. The first kappa shape index (κ1) is 11.6. The van der Waals surface area contributed by atoms with Gasteiger partial charge in [0.2, 0.25) is 0 Å². The van der Waals surface area contributed by atoms with Gasteiger partial charge in [0.05, 0.1) is 0 Å². The zero-order valence-electron chi connectivity index (χ0n) is 10.3. The molecule has 1 amide bonds. The van der Waals surface area contributed by atoms with E-state index in [2.05, 4.69) is 32.6 Å². The van der Waals surface area contributed by atoms with Crippen LogP contribution >= 0.6 is 0 Å². The Labute approximate surface area is 102 Å². The third-order valence-electron chi connectivity index (χ3n) is 2.76. The Hall–Kier alpha value is -1.83. The highest BCUT2D eigenvalue weighted by molar-refractivity contribution is 6.07. The second kappa shape index (κ2) is 4.58. The molecule has 0 radical (unpaired) electrons. The summed E-state index contributed by atoms with van der Waals surface area (Å²) in [4.78, 5) is 13.3. The third-order valence-corrected chi connectivity index (χ3v) is 2.76. The minimum absolute atomic E-state index is 0.0217. The molecule has 0 atom stereocenters. The van der Waals surface area contributed by atoms with Crippen LogP contribution in [0.15, 0.2) is 48.7 Å². The van der Waals surface area contributed by atoms with Crippen LogP contribution in [0.3, 0.4) is 0 Å². The molecule has 2 nitrogen and oxygen atoms in total. The van der Waals surface area contributed by atoms with Crippen LogP contribution in [0, 0.1) is 5.92 Å². The van der Waals surface area contributed by atoms with Crippen molar-refractivity contribution in [1.82, 2.24) is 0 Å². The molecule has 2 rings (SSSR count). The van der Waals surface area contributed by atoms with Gasteiger partial charge < -0.3 is 0 Å². The molecule has 17 heavy (non-hydrogen) atoms. The largest absolute Gasteiger partial charge is 0.278 e. The summed E-state index contributed by atoms with van der Waals surface area (Å²) in [5, 5.41) is 0. The summed E-state index contributed by atoms with van der Waals surface area (Å²) >= 11 is 0. The maximum absolute atomic E-state index is 11.6. The van der Waals surface area contributed by atoms with E-state index in [4.69, 9.17) is 0 Å². The van der Waals surface area contributed by atoms with E-state index in [0.717, 1.165) is 17.8 Å². The normalized spacial score (nSPS) is 15.1. The van der Waals surface area contributed by atoms with E-state index in [-0.39, 0.29) is 5.91 Å². The highest BCUT2D eigenvalue weighted by Crippen LogP contribution is 2.24. The van der Waals surface area contributed by atoms with Crippen molar-refractivity contribution in [2.24, 2.45) is 5.92 Å². The summed E-state index contributed by atoms with van der Waals surface area (Å²) in [5.41, 5.74) is 2.91. The standard InChI is InChI=1S/C15H17NO/c1-11(2)10-13-5-7-14(8-6-13)16-12(3)4-9-15(16)17/h4-9,11H,3,10H2,1-2H3. The zero-order chi connectivity index (χ0) is 12.4. The summed E-state index contributed by atoms with van der Waals surface area (Å²) < 4.78 is 0. The monoisotopic (exact) mass is 227 g/mol. The maximum Gasteiger partial charge on any atom is 0.255 e. The SMILES string of the molecule is C=C1C=CC(=O)N1c1ccc(CC(C)C)cc1. The van der Waals surface area contributed by atoms with Crippen molar-refractivity contribution in [2.75, 3.05) is 4.90 Å². The van der Waals surface area contributed by atoms with Crippen molar-refractivity contribution in [3.05, 3.63) is 54.3 Å². The number of amides is 1. The minimum atomic E-state index is -0.0217. The van der Waals surface area contributed by atoms with Crippen molar-refractivity contribution >= 4 is 11.6 Å². The van der Waals surface area contributed by atoms with Crippen LogP contribution < -0.4 is 4.90 Å². The Morgan fingerprint density at radius 3 is 2.29 bits per heavy atom. The molecule has 1 aliphatic heterocycles. The number of benzene rings is 1. The molecule has 88 valence electrons. The lowest BCUT2D eigenvalue weighted by Crippen LogP contribution is -2.22. The first-order valence-corrected chi connectivity index (χ1v) is 5.88. The summed E-state index contributed by atoms with van der Waals surface area (Å²) in [6.07, 6.45) is 4.35. The van der Waals surface area contributed by atoms with Crippen LogP contribution in [0.25, 0.3) is 0 Å². The lowest BCUT2D eigenvalue weighted by atomic mass is 10.0. The summed E-state index contributed by atoms with van der Waals surface area (Å²) in [7, 11) is 0. The average molecular weight is 227 g/mol. The van der Waals surface area contributed by atoms with Gasteiger partial charge in [-0.1, -0.05) is 32.6 Å². The van der Waals surface area contributed by atoms with Crippen molar-refractivity contribution in [3.63, 3.8) is 0 Å². The van der Waals surface area contributed by atoms with E-state index in [1.54, 1.807) is 17.1 Å². The van der Waals surface area contributed by atoms with Crippen molar-refractivity contribution < 1.29 is 4.79 Å². The molecule has 0 aromatic heterocycles. The number of rotatable bonds is 3. The van der Waals surface area contributed by atoms with Crippen LogP contribution in [0.4, 0.5) is 5.69 Å². The molecule has 1 aromatic carbocycles. The smallest absolute Gasteiger partial charge is 0.255 e. The molecular formula is C15H17NO. The van der Waals surface area contributed by atoms with Crippen LogP contribution in [-0.4, -0.2) is 5.91 Å². The zero-order valence-corrected chi connectivity index (χ0v) is 10.3. The fourth-order valence-corrected chi connectivity index (χ4v) is 2.00. The van der Waals surface area contributed by atoms with Crippen LogP contribution in [0.5, 0.6) is 0 Å². The predicted molar refractivity (Wildman–Crippen MR) is 70.8 cm³/mol. The number of hydrogen-bond donors (Lipinski definition) is 0. The Balaban J connectivity index is 2.18. The van der Waals surface area contributed by atoms with Gasteiger partial charge in [-0.05, 0) is 36.1 Å². The van der Waals surface area contributed by atoms with Gasteiger partial charge >= 0.3 is 0 Å². The molecule has 0 fully saturated rings. The Bertz CT molecular complexity index is 450. The number of allylic oxidation sites excluding steroid dienone is 1. The lowest BCUT2D eigenvalue weighted by Gasteiger charge is -2.17. The number of carbonyl (C=O) groups excluding carboxylic acids is 1. The Morgan fingerprint density at radius 2 is 1.82 bits per heavy atom. The highest BCUT2D eigenvalue weighted by atomic mass is 16.2. The van der Waals surface area contributed by atoms with E-state index < -0.39 is 0 Å². The van der Waals surface area contributed by atoms with Crippen LogP contribution in [-0.2, 0) is 11.2 Å². The fourth-order valence-electron chi connectivity index (χ4n) is 2.00. The Kier molecular flexibility index (Phi) is 3.14. The van der Waals surface area contributed by atoms with Crippen molar-refractivity contribution in [2.45, 2.75) is 20.3 Å². The van der Waals surface area contributed by atoms with Gasteiger partial charge in [-0.15, -0.1) is 0 Å². The van der Waals surface area contributed by atoms with Gasteiger partial charge in [-0.25, -0.2) is 0 Å². The van der Waals surface area contributed by atoms with Crippen molar-refractivity contribution in [3.8, 4) is 0 Å². The van der Waals surface area contributed by atoms with Gasteiger partial charge in [0.15, 0.2) is 0 Å². The van der Waals surface area contributed by atoms with E-state index in [0.29, 0.717) is 5.92 Å². The summed E-state index contributed by atoms with van der Waals surface area (Å²) in [5.74, 6) is 0.623. The molecule has 1 heterocycles. The molecule has 0 saturated carbocycles.